The smallest absolute Gasteiger partial charge is 0.351 e. The quantitative estimate of drug-likeness (QED) is 0.734. The normalized spacial score (nSPS) is 12.7. The highest BCUT2D eigenvalue weighted by molar-refractivity contribution is 8.00. The monoisotopic (exact) mass is 373 g/mol. The van der Waals surface area contributed by atoms with Gasteiger partial charge in [0.1, 0.15) is 0 Å². The van der Waals surface area contributed by atoms with Crippen LogP contribution in [0.4, 0.5) is 13.2 Å². The molecule has 2 aromatic carbocycles. The highest BCUT2D eigenvalue weighted by atomic mass is 35.5. The second-order valence-electron chi connectivity index (χ2n) is 5.13. The molecule has 0 saturated carbocycles. The molecule has 0 spiro atoms. The SMILES string of the molecule is C[C@@H](Sc1ccc(Cl)cc1)C(=O)NCc1cccc(C(F)(F)F)c1. The van der Waals surface area contributed by atoms with Crippen LogP contribution in [0.25, 0.3) is 0 Å². The zero-order valence-electron chi connectivity index (χ0n) is 12.7. The molecule has 0 heterocycles. The number of halogens is 4. The van der Waals surface area contributed by atoms with Crippen LogP contribution in [0.1, 0.15) is 18.1 Å². The van der Waals surface area contributed by atoms with Crippen LogP contribution in [-0.2, 0) is 17.5 Å². The lowest BCUT2D eigenvalue weighted by Gasteiger charge is -2.13. The molecular formula is C17H15ClF3NOS. The molecule has 24 heavy (non-hydrogen) atoms. The lowest BCUT2D eigenvalue weighted by Crippen LogP contribution is -2.30. The standard InChI is InChI=1S/C17H15ClF3NOS/c1-11(24-15-7-5-14(18)6-8-15)16(23)22-10-12-3-2-4-13(9-12)17(19,20)21/h2-9,11H,10H2,1H3,(H,22,23)/t11-/m1/s1. The van der Waals surface area contributed by atoms with Crippen LogP contribution in [-0.4, -0.2) is 11.2 Å². The third-order valence-corrected chi connectivity index (χ3v) is 4.58. The summed E-state index contributed by atoms with van der Waals surface area (Å²) < 4.78 is 38.0. The number of hydrogen-bond acceptors (Lipinski definition) is 2. The van der Waals surface area contributed by atoms with Gasteiger partial charge in [0.15, 0.2) is 0 Å². The molecule has 2 aromatic rings. The lowest BCUT2D eigenvalue weighted by molar-refractivity contribution is -0.137. The van der Waals surface area contributed by atoms with Crippen molar-refractivity contribution >= 4 is 29.3 Å². The minimum atomic E-state index is -4.39. The first-order valence-corrected chi connectivity index (χ1v) is 8.37. The van der Waals surface area contributed by atoms with Gasteiger partial charge in [0.05, 0.1) is 10.8 Å². The molecule has 2 nitrogen and oxygen atoms in total. The highest BCUT2D eigenvalue weighted by Crippen LogP contribution is 2.29. The van der Waals surface area contributed by atoms with Gasteiger partial charge in [0, 0.05) is 16.5 Å². The number of thioether (sulfide) groups is 1. The summed E-state index contributed by atoms with van der Waals surface area (Å²) in [7, 11) is 0. The first-order chi connectivity index (χ1) is 11.3. The van der Waals surface area contributed by atoms with Gasteiger partial charge in [-0.2, -0.15) is 13.2 Å². The molecule has 1 N–H and O–H groups in total. The lowest BCUT2D eigenvalue weighted by atomic mass is 10.1. The predicted molar refractivity (Wildman–Crippen MR) is 90.1 cm³/mol. The van der Waals surface area contributed by atoms with Gasteiger partial charge in [-0.05, 0) is 48.9 Å². The Hall–Kier alpha value is -1.66. The Bertz CT molecular complexity index is 704. The number of amides is 1. The maximum Gasteiger partial charge on any atom is 0.416 e. The molecule has 128 valence electrons. The van der Waals surface area contributed by atoms with Crippen molar-refractivity contribution < 1.29 is 18.0 Å². The van der Waals surface area contributed by atoms with Crippen molar-refractivity contribution in [2.45, 2.75) is 29.8 Å². The molecule has 0 aliphatic rings. The molecule has 7 heteroatoms. The van der Waals surface area contributed by atoms with Crippen LogP contribution in [0.15, 0.2) is 53.4 Å². The average Bonchev–Trinajstić information content (AvgIpc) is 2.54. The molecule has 0 aliphatic carbocycles. The average molecular weight is 374 g/mol. The summed E-state index contributed by atoms with van der Waals surface area (Å²) >= 11 is 7.16. The topological polar surface area (TPSA) is 29.1 Å². The van der Waals surface area contributed by atoms with E-state index in [1.54, 1.807) is 25.1 Å². The molecule has 0 unspecified atom stereocenters. The van der Waals surface area contributed by atoms with E-state index in [2.05, 4.69) is 5.32 Å². The van der Waals surface area contributed by atoms with Crippen molar-refractivity contribution in [3.8, 4) is 0 Å². The van der Waals surface area contributed by atoms with Crippen molar-refractivity contribution in [2.24, 2.45) is 0 Å². The summed E-state index contributed by atoms with van der Waals surface area (Å²) in [5.74, 6) is -0.243. The van der Waals surface area contributed by atoms with E-state index < -0.39 is 11.7 Å². The molecule has 0 aliphatic heterocycles. The maximum absolute atomic E-state index is 12.7. The van der Waals surface area contributed by atoms with E-state index >= 15 is 0 Å². The van der Waals surface area contributed by atoms with Crippen molar-refractivity contribution in [1.29, 1.82) is 0 Å². The third-order valence-electron chi connectivity index (χ3n) is 3.22. The minimum absolute atomic E-state index is 0.0499. The van der Waals surface area contributed by atoms with Crippen LogP contribution < -0.4 is 5.32 Å². The van der Waals surface area contributed by atoms with E-state index in [0.717, 1.165) is 17.0 Å². The molecule has 2 rings (SSSR count). The largest absolute Gasteiger partial charge is 0.416 e. The Morgan fingerprint density at radius 1 is 1.21 bits per heavy atom. The van der Waals surface area contributed by atoms with E-state index in [1.165, 1.54) is 17.8 Å². The van der Waals surface area contributed by atoms with Gasteiger partial charge in [-0.15, -0.1) is 11.8 Å². The van der Waals surface area contributed by atoms with Crippen LogP contribution in [0.5, 0.6) is 0 Å². The van der Waals surface area contributed by atoms with Crippen molar-refractivity contribution in [3.05, 3.63) is 64.7 Å². The van der Waals surface area contributed by atoms with Gasteiger partial charge in [0.25, 0.3) is 0 Å². The van der Waals surface area contributed by atoms with Gasteiger partial charge in [-0.1, -0.05) is 23.7 Å². The van der Waals surface area contributed by atoms with Crippen LogP contribution in [0, 0.1) is 0 Å². The summed E-state index contributed by atoms with van der Waals surface area (Å²) in [4.78, 5) is 13.0. The first-order valence-electron chi connectivity index (χ1n) is 7.12. The minimum Gasteiger partial charge on any atom is -0.351 e. The Morgan fingerprint density at radius 2 is 1.88 bits per heavy atom. The summed E-state index contributed by atoms with van der Waals surface area (Å²) in [6, 6.07) is 12.0. The number of carbonyl (C=O) groups excluding carboxylic acids is 1. The first kappa shape index (κ1) is 18.7. The van der Waals surface area contributed by atoms with Crippen LogP contribution in [0.2, 0.25) is 5.02 Å². The summed E-state index contributed by atoms with van der Waals surface area (Å²) in [5.41, 5.74) is -0.320. The van der Waals surface area contributed by atoms with E-state index in [1.807, 2.05) is 12.1 Å². The van der Waals surface area contributed by atoms with Crippen LogP contribution in [0.3, 0.4) is 0 Å². The number of alkyl halides is 3. The molecule has 0 bridgehead atoms. The van der Waals surface area contributed by atoms with Gasteiger partial charge in [0.2, 0.25) is 5.91 Å². The van der Waals surface area contributed by atoms with E-state index in [-0.39, 0.29) is 17.7 Å². The van der Waals surface area contributed by atoms with E-state index in [0.29, 0.717) is 10.6 Å². The van der Waals surface area contributed by atoms with Crippen molar-refractivity contribution in [2.75, 3.05) is 0 Å². The second-order valence-corrected chi connectivity index (χ2v) is 6.98. The highest BCUT2D eigenvalue weighted by Gasteiger charge is 2.30. The number of hydrogen-bond donors (Lipinski definition) is 1. The van der Waals surface area contributed by atoms with Crippen molar-refractivity contribution in [1.82, 2.24) is 5.32 Å². The zero-order chi connectivity index (χ0) is 17.7. The number of benzene rings is 2. The second kappa shape index (κ2) is 7.94. The van der Waals surface area contributed by atoms with Gasteiger partial charge >= 0.3 is 6.18 Å². The summed E-state index contributed by atoms with van der Waals surface area (Å²) in [6.07, 6.45) is -4.39. The Balaban J connectivity index is 1.91. The Kier molecular flexibility index (Phi) is 6.18. The molecular weight excluding hydrogens is 359 g/mol. The predicted octanol–water partition coefficient (Wildman–Crippen LogP) is 5.16. The number of nitrogens with one attached hydrogen (secondary N) is 1. The summed E-state index contributed by atoms with van der Waals surface area (Å²) in [5, 5.41) is 2.89. The van der Waals surface area contributed by atoms with E-state index in [9.17, 15) is 18.0 Å². The van der Waals surface area contributed by atoms with Crippen LogP contribution >= 0.6 is 23.4 Å². The van der Waals surface area contributed by atoms with Crippen molar-refractivity contribution in [3.63, 3.8) is 0 Å². The zero-order valence-corrected chi connectivity index (χ0v) is 14.3. The van der Waals surface area contributed by atoms with Gasteiger partial charge in [-0.3, -0.25) is 4.79 Å². The fourth-order valence-corrected chi connectivity index (χ4v) is 2.98. The molecule has 0 aromatic heterocycles. The fraction of sp³-hybridized carbons (Fsp3) is 0.235. The molecule has 0 saturated heterocycles. The van der Waals surface area contributed by atoms with Gasteiger partial charge < -0.3 is 5.32 Å². The molecule has 0 radical (unpaired) electrons. The number of carbonyl (C=O) groups is 1. The molecule has 1 amide bonds. The number of rotatable bonds is 5. The Morgan fingerprint density at radius 3 is 2.50 bits per heavy atom. The van der Waals surface area contributed by atoms with Gasteiger partial charge in [-0.25, -0.2) is 0 Å². The van der Waals surface area contributed by atoms with E-state index in [4.69, 9.17) is 11.6 Å². The third kappa shape index (κ3) is 5.46. The molecule has 0 fully saturated rings. The Labute approximate surface area is 147 Å². The molecule has 1 atom stereocenters. The fourth-order valence-electron chi connectivity index (χ4n) is 1.96. The maximum atomic E-state index is 12.7. The summed E-state index contributed by atoms with van der Waals surface area (Å²) in [6.45, 7) is 1.79.